The van der Waals surface area contributed by atoms with E-state index in [1.54, 1.807) is 18.2 Å². The third kappa shape index (κ3) is 4.83. The zero-order chi connectivity index (χ0) is 22.2. The van der Waals surface area contributed by atoms with E-state index in [0.29, 0.717) is 32.0 Å². The summed E-state index contributed by atoms with van der Waals surface area (Å²) < 4.78 is 46.9. The number of carbonyl (C=O) groups is 1. The quantitative estimate of drug-likeness (QED) is 0.325. The SMILES string of the molecule is Cc1ccc(N2C(=O)/C(=C\c3ccc(-c4ccc(OC(F)(F)F)cc4)o3)SC2=S)cc1. The number of hydrogen-bond donors (Lipinski definition) is 0. The van der Waals surface area contributed by atoms with Crippen LogP contribution in [0.3, 0.4) is 0 Å². The molecule has 0 N–H and O–H groups in total. The van der Waals surface area contributed by atoms with Gasteiger partial charge in [0.2, 0.25) is 0 Å². The number of nitrogens with zero attached hydrogens (tertiary/aromatic N) is 1. The van der Waals surface area contributed by atoms with E-state index in [1.807, 2.05) is 31.2 Å². The number of amides is 1. The highest BCUT2D eigenvalue weighted by Gasteiger charge is 2.33. The Kier molecular flexibility index (Phi) is 5.63. The van der Waals surface area contributed by atoms with E-state index >= 15 is 0 Å². The van der Waals surface area contributed by atoms with E-state index in [4.69, 9.17) is 16.6 Å². The number of aryl methyl sites for hydroxylation is 1. The fourth-order valence-electron chi connectivity index (χ4n) is 2.92. The fourth-order valence-corrected chi connectivity index (χ4v) is 4.20. The molecule has 0 aliphatic carbocycles. The summed E-state index contributed by atoms with van der Waals surface area (Å²) in [4.78, 5) is 14.7. The lowest BCUT2D eigenvalue weighted by molar-refractivity contribution is -0.274. The van der Waals surface area contributed by atoms with Crippen molar-refractivity contribution >= 4 is 46.0 Å². The van der Waals surface area contributed by atoms with Crippen LogP contribution >= 0.6 is 24.0 Å². The Morgan fingerprint density at radius 3 is 2.35 bits per heavy atom. The van der Waals surface area contributed by atoms with E-state index in [0.717, 1.165) is 5.56 Å². The molecule has 1 saturated heterocycles. The van der Waals surface area contributed by atoms with Gasteiger partial charge in [0.05, 0.1) is 10.6 Å². The van der Waals surface area contributed by atoms with Crippen LogP contribution in [0.25, 0.3) is 17.4 Å². The second-order valence-corrected chi connectivity index (χ2v) is 8.30. The summed E-state index contributed by atoms with van der Waals surface area (Å²) in [6.07, 6.45) is -3.15. The van der Waals surface area contributed by atoms with Gasteiger partial charge >= 0.3 is 6.36 Å². The molecule has 1 aliphatic heterocycles. The average molecular weight is 461 g/mol. The van der Waals surface area contributed by atoms with Crippen molar-refractivity contribution in [3.05, 3.63) is 76.9 Å². The highest BCUT2D eigenvalue weighted by atomic mass is 32.2. The van der Waals surface area contributed by atoms with Gasteiger partial charge in [-0.2, -0.15) is 0 Å². The van der Waals surface area contributed by atoms with E-state index in [9.17, 15) is 18.0 Å². The Bertz CT molecular complexity index is 1170. The first-order chi connectivity index (χ1) is 14.7. The van der Waals surface area contributed by atoms with Crippen LogP contribution in [0.4, 0.5) is 18.9 Å². The third-order valence-corrected chi connectivity index (χ3v) is 5.66. The lowest BCUT2D eigenvalue weighted by atomic mass is 10.2. The largest absolute Gasteiger partial charge is 0.573 e. The third-order valence-electron chi connectivity index (χ3n) is 4.36. The first-order valence-corrected chi connectivity index (χ1v) is 10.2. The number of hydrogen-bond acceptors (Lipinski definition) is 5. The summed E-state index contributed by atoms with van der Waals surface area (Å²) in [6.45, 7) is 1.96. The molecule has 3 aromatic rings. The van der Waals surface area contributed by atoms with Gasteiger partial charge in [-0.05, 0) is 55.5 Å². The Morgan fingerprint density at radius 1 is 1.03 bits per heavy atom. The summed E-state index contributed by atoms with van der Waals surface area (Å²) in [5.74, 6) is 0.308. The number of carbonyl (C=O) groups excluding carboxylic acids is 1. The molecule has 1 fully saturated rings. The van der Waals surface area contributed by atoms with Crippen molar-refractivity contribution in [2.24, 2.45) is 0 Å². The van der Waals surface area contributed by atoms with Crippen molar-refractivity contribution in [3.8, 4) is 17.1 Å². The number of ether oxygens (including phenoxy) is 1. The van der Waals surface area contributed by atoms with Crippen LogP contribution in [0.15, 0.2) is 70.0 Å². The molecule has 1 aromatic heterocycles. The lowest BCUT2D eigenvalue weighted by Crippen LogP contribution is -2.27. The van der Waals surface area contributed by atoms with Gasteiger partial charge in [-0.1, -0.05) is 41.7 Å². The van der Waals surface area contributed by atoms with Crippen LogP contribution in [-0.2, 0) is 4.79 Å². The second-order valence-electron chi connectivity index (χ2n) is 6.63. The monoisotopic (exact) mass is 461 g/mol. The fraction of sp³-hybridized carbons (Fsp3) is 0.0909. The van der Waals surface area contributed by atoms with Gasteiger partial charge in [0.1, 0.15) is 17.3 Å². The minimum absolute atomic E-state index is 0.245. The van der Waals surface area contributed by atoms with Crippen LogP contribution in [0.5, 0.6) is 5.75 Å². The highest BCUT2D eigenvalue weighted by Crippen LogP contribution is 2.37. The molecule has 0 saturated carbocycles. The number of rotatable bonds is 4. The van der Waals surface area contributed by atoms with E-state index < -0.39 is 6.36 Å². The standard InChI is InChI=1S/C22H14F3NO3S2/c1-13-2-6-15(7-3-13)26-20(27)19(31-21(26)30)12-17-10-11-18(28-17)14-4-8-16(9-5-14)29-22(23,24)25/h2-12H,1H3/b19-12+. The molecule has 2 aromatic carbocycles. The van der Waals surface area contributed by atoms with Gasteiger partial charge < -0.3 is 9.15 Å². The van der Waals surface area contributed by atoms with Crippen LogP contribution in [-0.4, -0.2) is 16.6 Å². The van der Waals surface area contributed by atoms with E-state index in [1.165, 1.54) is 40.9 Å². The van der Waals surface area contributed by atoms with Gasteiger partial charge in [0, 0.05) is 11.6 Å². The molecule has 0 atom stereocenters. The van der Waals surface area contributed by atoms with Gasteiger partial charge in [0.15, 0.2) is 4.32 Å². The van der Waals surface area contributed by atoms with Crippen molar-refractivity contribution in [3.63, 3.8) is 0 Å². The molecule has 0 spiro atoms. The number of alkyl halides is 3. The molecular formula is C22H14F3NO3S2. The van der Waals surface area contributed by atoms with Gasteiger partial charge in [-0.25, -0.2) is 0 Å². The Labute approximate surface area is 185 Å². The zero-order valence-corrected chi connectivity index (χ0v) is 17.6. The number of thiocarbonyl (C=S) groups is 1. The van der Waals surface area contributed by atoms with Gasteiger partial charge in [-0.15, -0.1) is 13.2 Å². The van der Waals surface area contributed by atoms with Crippen LogP contribution in [0, 0.1) is 6.92 Å². The van der Waals surface area contributed by atoms with Crippen molar-refractivity contribution in [2.45, 2.75) is 13.3 Å². The highest BCUT2D eigenvalue weighted by molar-refractivity contribution is 8.27. The van der Waals surface area contributed by atoms with Crippen molar-refractivity contribution in [1.82, 2.24) is 0 Å². The number of furan rings is 1. The number of halogens is 3. The molecule has 4 nitrogen and oxygen atoms in total. The molecular weight excluding hydrogens is 447 g/mol. The van der Waals surface area contributed by atoms with Crippen molar-refractivity contribution < 1.29 is 27.1 Å². The minimum atomic E-state index is -4.75. The van der Waals surface area contributed by atoms with Crippen molar-refractivity contribution in [1.29, 1.82) is 0 Å². The number of thioether (sulfide) groups is 1. The molecule has 0 unspecified atom stereocenters. The predicted molar refractivity (Wildman–Crippen MR) is 118 cm³/mol. The van der Waals surface area contributed by atoms with Crippen LogP contribution < -0.4 is 9.64 Å². The Morgan fingerprint density at radius 2 is 1.71 bits per heavy atom. The Hall–Kier alpha value is -3.04. The molecule has 9 heteroatoms. The predicted octanol–water partition coefficient (Wildman–Crippen LogP) is 6.56. The molecule has 1 aliphatic rings. The molecule has 1 amide bonds. The zero-order valence-electron chi connectivity index (χ0n) is 16.0. The van der Waals surface area contributed by atoms with E-state index in [2.05, 4.69) is 4.74 Å². The maximum atomic E-state index is 12.8. The normalized spacial score (nSPS) is 15.7. The summed E-state index contributed by atoms with van der Waals surface area (Å²) in [7, 11) is 0. The number of anilines is 1. The maximum absolute atomic E-state index is 12.8. The first-order valence-electron chi connectivity index (χ1n) is 9.00. The second kappa shape index (κ2) is 8.24. The minimum Gasteiger partial charge on any atom is -0.457 e. The summed E-state index contributed by atoms with van der Waals surface area (Å²) >= 11 is 6.54. The van der Waals surface area contributed by atoms with Gasteiger partial charge in [-0.3, -0.25) is 9.69 Å². The molecule has 0 bridgehead atoms. The first kappa shape index (κ1) is 21.2. The van der Waals surface area contributed by atoms with Crippen LogP contribution in [0.2, 0.25) is 0 Å². The molecule has 31 heavy (non-hydrogen) atoms. The van der Waals surface area contributed by atoms with Crippen molar-refractivity contribution in [2.75, 3.05) is 4.90 Å². The smallest absolute Gasteiger partial charge is 0.457 e. The van der Waals surface area contributed by atoms with Gasteiger partial charge in [0.25, 0.3) is 5.91 Å². The lowest BCUT2D eigenvalue weighted by Gasteiger charge is -2.14. The maximum Gasteiger partial charge on any atom is 0.573 e. The molecule has 0 radical (unpaired) electrons. The topological polar surface area (TPSA) is 42.7 Å². The summed E-state index contributed by atoms with van der Waals surface area (Å²) in [5.41, 5.74) is 2.34. The molecule has 2 heterocycles. The van der Waals surface area contributed by atoms with Crippen LogP contribution in [0.1, 0.15) is 11.3 Å². The summed E-state index contributed by atoms with van der Waals surface area (Å²) in [6, 6.07) is 16.2. The molecule has 158 valence electrons. The number of benzene rings is 2. The molecule has 4 rings (SSSR count). The Balaban J connectivity index is 1.52. The average Bonchev–Trinajstić information content (AvgIpc) is 3.27. The summed E-state index contributed by atoms with van der Waals surface area (Å²) in [5, 5.41) is 0. The van der Waals surface area contributed by atoms with E-state index in [-0.39, 0.29) is 11.7 Å².